The summed E-state index contributed by atoms with van der Waals surface area (Å²) in [6.07, 6.45) is 3.43. The molecule has 3 rings (SSSR count). The van der Waals surface area contributed by atoms with Crippen LogP contribution in [0.15, 0.2) is 12.1 Å². The SMILES string of the molecule is CC(=O)C1(C)CCCC2(C)c3cc(C)c(C)cc3C(C)C(C)C12. The second kappa shape index (κ2) is 5.19. The second-order valence-electron chi connectivity index (χ2n) is 8.89. The molecule has 1 aromatic rings. The Balaban J connectivity index is 2.26. The Morgan fingerprint density at radius 2 is 1.70 bits per heavy atom. The van der Waals surface area contributed by atoms with E-state index in [-0.39, 0.29) is 10.8 Å². The Kier molecular flexibility index (Phi) is 3.78. The van der Waals surface area contributed by atoms with E-state index in [2.05, 4.69) is 53.7 Å². The van der Waals surface area contributed by atoms with E-state index in [1.165, 1.54) is 28.7 Å². The van der Waals surface area contributed by atoms with Gasteiger partial charge in [-0.1, -0.05) is 46.2 Å². The summed E-state index contributed by atoms with van der Waals surface area (Å²) in [5, 5.41) is 0. The molecule has 5 atom stereocenters. The number of ketones is 1. The van der Waals surface area contributed by atoms with E-state index in [0.29, 0.717) is 23.5 Å². The number of Topliss-reactive ketones (excluding diaryl/α,β-unsaturated/α-hetero) is 1. The summed E-state index contributed by atoms with van der Waals surface area (Å²) in [7, 11) is 0. The van der Waals surface area contributed by atoms with E-state index in [0.717, 1.165) is 12.8 Å². The summed E-state index contributed by atoms with van der Waals surface area (Å²) < 4.78 is 0. The molecular weight excluding hydrogens is 280 g/mol. The third-order valence-electron chi connectivity index (χ3n) is 7.66. The third kappa shape index (κ3) is 2.15. The zero-order valence-electron chi connectivity index (χ0n) is 15.9. The van der Waals surface area contributed by atoms with Gasteiger partial charge in [0.2, 0.25) is 0 Å². The van der Waals surface area contributed by atoms with Crippen molar-refractivity contribution in [2.45, 2.75) is 79.1 Å². The molecule has 1 fully saturated rings. The van der Waals surface area contributed by atoms with E-state index < -0.39 is 0 Å². The van der Waals surface area contributed by atoms with Crippen LogP contribution in [0.3, 0.4) is 0 Å². The molecule has 1 heteroatoms. The molecule has 23 heavy (non-hydrogen) atoms. The van der Waals surface area contributed by atoms with Gasteiger partial charge in [-0.3, -0.25) is 4.79 Å². The summed E-state index contributed by atoms with van der Waals surface area (Å²) in [6.45, 7) is 15.7. The number of benzene rings is 1. The molecule has 126 valence electrons. The van der Waals surface area contributed by atoms with Gasteiger partial charge in [-0.2, -0.15) is 0 Å². The molecular formula is C22H32O. The maximum Gasteiger partial charge on any atom is 0.136 e. The molecule has 0 radical (unpaired) electrons. The smallest absolute Gasteiger partial charge is 0.136 e. The van der Waals surface area contributed by atoms with Crippen LogP contribution in [0.25, 0.3) is 0 Å². The minimum Gasteiger partial charge on any atom is -0.299 e. The van der Waals surface area contributed by atoms with Crippen molar-refractivity contribution in [1.82, 2.24) is 0 Å². The van der Waals surface area contributed by atoms with E-state index in [1.54, 1.807) is 0 Å². The average molecular weight is 312 g/mol. The van der Waals surface area contributed by atoms with E-state index in [9.17, 15) is 4.79 Å². The van der Waals surface area contributed by atoms with Crippen LogP contribution in [-0.4, -0.2) is 5.78 Å². The van der Waals surface area contributed by atoms with Crippen molar-refractivity contribution in [3.05, 3.63) is 34.4 Å². The lowest BCUT2D eigenvalue weighted by Crippen LogP contribution is -2.55. The van der Waals surface area contributed by atoms with Crippen LogP contribution < -0.4 is 0 Å². The van der Waals surface area contributed by atoms with Gasteiger partial charge < -0.3 is 0 Å². The van der Waals surface area contributed by atoms with Gasteiger partial charge in [0.15, 0.2) is 0 Å². The highest BCUT2D eigenvalue weighted by molar-refractivity contribution is 5.83. The monoisotopic (exact) mass is 312 g/mol. The summed E-state index contributed by atoms with van der Waals surface area (Å²) in [5.74, 6) is 1.91. The predicted molar refractivity (Wildman–Crippen MR) is 97.0 cm³/mol. The highest BCUT2D eigenvalue weighted by atomic mass is 16.1. The van der Waals surface area contributed by atoms with Gasteiger partial charge in [-0.05, 0) is 79.0 Å². The zero-order valence-corrected chi connectivity index (χ0v) is 15.9. The van der Waals surface area contributed by atoms with Crippen molar-refractivity contribution in [3.8, 4) is 0 Å². The Labute approximate surface area is 141 Å². The van der Waals surface area contributed by atoms with Gasteiger partial charge in [-0.25, -0.2) is 0 Å². The maximum atomic E-state index is 12.6. The van der Waals surface area contributed by atoms with Crippen LogP contribution in [0.2, 0.25) is 0 Å². The topological polar surface area (TPSA) is 17.1 Å². The molecule has 0 aliphatic heterocycles. The molecule has 2 aliphatic rings. The lowest BCUT2D eigenvalue weighted by atomic mass is 9.44. The molecule has 0 aromatic heterocycles. The Bertz CT molecular complexity index is 658. The number of fused-ring (bicyclic) bond motifs is 3. The standard InChI is InChI=1S/C22H32O/c1-13-11-18-15(3)16(4)20-21(6,17(5)23)9-8-10-22(20,7)19(18)12-14(13)2/h11-12,15-16,20H,8-10H2,1-7H3. The molecule has 5 unspecified atom stereocenters. The van der Waals surface area contributed by atoms with Crippen molar-refractivity contribution in [1.29, 1.82) is 0 Å². The third-order valence-corrected chi connectivity index (χ3v) is 7.66. The first kappa shape index (κ1) is 16.7. The Hall–Kier alpha value is -1.11. The molecule has 0 spiro atoms. The predicted octanol–water partition coefficient (Wildman–Crippen LogP) is 5.71. The molecule has 0 bridgehead atoms. The Morgan fingerprint density at radius 3 is 2.30 bits per heavy atom. The fourth-order valence-electron chi connectivity index (χ4n) is 5.98. The van der Waals surface area contributed by atoms with Gasteiger partial charge in [0.1, 0.15) is 5.78 Å². The van der Waals surface area contributed by atoms with Crippen molar-refractivity contribution >= 4 is 5.78 Å². The van der Waals surface area contributed by atoms with E-state index in [4.69, 9.17) is 0 Å². The van der Waals surface area contributed by atoms with Crippen LogP contribution in [-0.2, 0) is 10.2 Å². The van der Waals surface area contributed by atoms with Gasteiger partial charge in [0.05, 0.1) is 0 Å². The molecule has 1 aromatic carbocycles. The second-order valence-corrected chi connectivity index (χ2v) is 8.89. The number of hydrogen-bond donors (Lipinski definition) is 0. The van der Waals surface area contributed by atoms with Crippen LogP contribution >= 0.6 is 0 Å². The fourth-order valence-corrected chi connectivity index (χ4v) is 5.98. The summed E-state index contributed by atoms with van der Waals surface area (Å²) in [5.41, 5.74) is 5.82. The van der Waals surface area contributed by atoms with E-state index in [1.807, 2.05) is 6.92 Å². The van der Waals surface area contributed by atoms with E-state index >= 15 is 0 Å². The Morgan fingerprint density at radius 1 is 1.09 bits per heavy atom. The van der Waals surface area contributed by atoms with Crippen molar-refractivity contribution in [3.63, 3.8) is 0 Å². The van der Waals surface area contributed by atoms with Crippen molar-refractivity contribution < 1.29 is 4.79 Å². The average Bonchev–Trinajstić information content (AvgIpc) is 2.47. The lowest BCUT2D eigenvalue weighted by Gasteiger charge is -2.59. The summed E-state index contributed by atoms with van der Waals surface area (Å²) in [6, 6.07) is 4.86. The number of carbonyl (C=O) groups excluding carboxylic acids is 1. The highest BCUT2D eigenvalue weighted by Crippen LogP contribution is 2.62. The first-order chi connectivity index (χ1) is 10.6. The molecule has 0 amide bonds. The van der Waals surface area contributed by atoms with Crippen LogP contribution in [0, 0.1) is 31.1 Å². The minimum absolute atomic E-state index is 0.137. The molecule has 0 heterocycles. The summed E-state index contributed by atoms with van der Waals surface area (Å²) in [4.78, 5) is 12.6. The van der Waals surface area contributed by atoms with Crippen molar-refractivity contribution in [2.24, 2.45) is 17.3 Å². The van der Waals surface area contributed by atoms with Gasteiger partial charge in [0, 0.05) is 5.41 Å². The molecule has 0 saturated heterocycles. The lowest BCUT2D eigenvalue weighted by molar-refractivity contribution is -0.137. The van der Waals surface area contributed by atoms with Gasteiger partial charge in [0.25, 0.3) is 0 Å². The largest absolute Gasteiger partial charge is 0.299 e. The van der Waals surface area contributed by atoms with Crippen LogP contribution in [0.5, 0.6) is 0 Å². The van der Waals surface area contributed by atoms with Crippen molar-refractivity contribution in [2.75, 3.05) is 0 Å². The number of carbonyl (C=O) groups is 1. The molecule has 2 aliphatic carbocycles. The van der Waals surface area contributed by atoms with Gasteiger partial charge >= 0.3 is 0 Å². The number of rotatable bonds is 1. The van der Waals surface area contributed by atoms with Crippen LogP contribution in [0.1, 0.15) is 82.1 Å². The summed E-state index contributed by atoms with van der Waals surface area (Å²) >= 11 is 0. The molecule has 1 saturated carbocycles. The fraction of sp³-hybridized carbons (Fsp3) is 0.682. The first-order valence-corrected chi connectivity index (χ1v) is 9.25. The first-order valence-electron chi connectivity index (χ1n) is 9.25. The normalized spacial score (nSPS) is 39.5. The quantitative estimate of drug-likeness (QED) is 0.649. The zero-order chi connectivity index (χ0) is 17.2. The minimum atomic E-state index is -0.169. The number of aryl methyl sites for hydroxylation is 2. The molecule has 0 N–H and O–H groups in total. The van der Waals surface area contributed by atoms with Gasteiger partial charge in [-0.15, -0.1) is 0 Å². The number of hydrogen-bond acceptors (Lipinski definition) is 1. The highest BCUT2D eigenvalue weighted by Gasteiger charge is 2.57. The maximum absolute atomic E-state index is 12.6. The molecule has 1 nitrogen and oxygen atoms in total. The van der Waals surface area contributed by atoms with Crippen LogP contribution in [0.4, 0.5) is 0 Å².